The van der Waals surface area contributed by atoms with Crippen LogP contribution in [0.2, 0.25) is 0 Å². The third-order valence-electron chi connectivity index (χ3n) is 3.07. The number of ether oxygens (including phenoxy) is 1. The van der Waals surface area contributed by atoms with E-state index >= 15 is 0 Å². The maximum absolute atomic E-state index is 11.9. The highest BCUT2D eigenvalue weighted by molar-refractivity contribution is 8.00. The van der Waals surface area contributed by atoms with E-state index in [4.69, 9.17) is 4.74 Å². The monoisotopic (exact) mass is 313 g/mol. The lowest BCUT2D eigenvalue weighted by Crippen LogP contribution is -2.38. The third kappa shape index (κ3) is 2.73. The van der Waals surface area contributed by atoms with Gasteiger partial charge in [-0.3, -0.25) is 19.1 Å². The molecule has 0 radical (unpaired) electrons. The minimum absolute atomic E-state index is 0.316. The molecule has 0 saturated heterocycles. The predicted molar refractivity (Wildman–Crippen MR) is 77.3 cm³/mol. The Hall–Kier alpha value is -2.03. The van der Waals surface area contributed by atoms with Crippen molar-refractivity contribution in [3.63, 3.8) is 0 Å². The van der Waals surface area contributed by atoms with Crippen LogP contribution in [0.5, 0.6) is 0 Å². The molecule has 0 aliphatic carbocycles. The van der Waals surface area contributed by atoms with Gasteiger partial charge in [0.2, 0.25) is 0 Å². The lowest BCUT2D eigenvalue weighted by atomic mass is 10.5. The number of hydrogen-bond acceptors (Lipinski definition) is 5. The first-order chi connectivity index (χ1) is 9.86. The average molecular weight is 313 g/mol. The molecule has 0 fully saturated rings. The summed E-state index contributed by atoms with van der Waals surface area (Å²) in [5.41, 5.74) is -0.215. The van der Waals surface area contributed by atoms with Crippen LogP contribution in [-0.4, -0.2) is 32.4 Å². The molecule has 0 saturated carbocycles. The molecular formula is C12H17N4O4S+. The molecule has 2 rings (SSSR count). The zero-order chi connectivity index (χ0) is 15.7. The van der Waals surface area contributed by atoms with E-state index in [-0.39, 0.29) is 5.97 Å². The Morgan fingerprint density at radius 2 is 2.10 bits per heavy atom. The molecule has 2 N–H and O–H groups in total. The lowest BCUT2D eigenvalue weighted by Gasteiger charge is -2.06. The number of nitrogens with zero attached hydrogens (tertiary/aromatic N) is 2. The van der Waals surface area contributed by atoms with Crippen molar-refractivity contribution in [1.29, 1.82) is 0 Å². The van der Waals surface area contributed by atoms with Gasteiger partial charge in [0.15, 0.2) is 0 Å². The van der Waals surface area contributed by atoms with E-state index < -0.39 is 16.5 Å². The van der Waals surface area contributed by atoms with E-state index in [1.165, 1.54) is 16.3 Å². The van der Waals surface area contributed by atoms with Crippen LogP contribution in [0, 0.1) is 0 Å². The normalized spacial score (nSPS) is 12.6. The van der Waals surface area contributed by atoms with Gasteiger partial charge in [-0.2, -0.15) is 0 Å². The van der Waals surface area contributed by atoms with Crippen LogP contribution in [0.1, 0.15) is 13.8 Å². The molecule has 9 heteroatoms. The smallest absolute Gasteiger partial charge is 0.331 e. The number of carbonyl (C=O) groups excluding carboxylic acids is 1. The van der Waals surface area contributed by atoms with Crippen LogP contribution in [0.4, 0.5) is 0 Å². The van der Waals surface area contributed by atoms with E-state index in [1.54, 1.807) is 32.5 Å². The lowest BCUT2D eigenvalue weighted by molar-refractivity contribution is -0.684. The zero-order valence-electron chi connectivity index (χ0n) is 12.2. The molecule has 0 bridgehead atoms. The highest BCUT2D eigenvalue weighted by atomic mass is 32.2. The van der Waals surface area contributed by atoms with Crippen LogP contribution in [0.25, 0.3) is 11.2 Å². The second-order valence-electron chi connectivity index (χ2n) is 4.52. The number of imidazole rings is 1. The molecule has 0 amide bonds. The fraction of sp³-hybridized carbons (Fsp3) is 0.500. The van der Waals surface area contributed by atoms with Crippen molar-refractivity contribution in [2.24, 2.45) is 14.1 Å². The largest absolute Gasteiger partial charge is 0.465 e. The molecule has 0 aliphatic heterocycles. The maximum Gasteiger partial charge on any atom is 0.331 e. The van der Waals surface area contributed by atoms with Gasteiger partial charge in [0.1, 0.15) is 5.25 Å². The number of aromatic amines is 2. The summed E-state index contributed by atoms with van der Waals surface area (Å²) in [6.45, 7) is 3.78. The van der Waals surface area contributed by atoms with Gasteiger partial charge in [0, 0.05) is 7.05 Å². The minimum Gasteiger partial charge on any atom is -0.465 e. The molecular weight excluding hydrogens is 296 g/mol. The zero-order valence-corrected chi connectivity index (χ0v) is 13.0. The highest BCUT2D eigenvalue weighted by Gasteiger charge is 2.26. The molecule has 2 aromatic rings. The Morgan fingerprint density at radius 3 is 2.71 bits per heavy atom. The molecule has 114 valence electrons. The molecule has 2 aromatic heterocycles. The van der Waals surface area contributed by atoms with Crippen LogP contribution >= 0.6 is 11.8 Å². The van der Waals surface area contributed by atoms with Gasteiger partial charge in [0.05, 0.1) is 13.7 Å². The first kappa shape index (κ1) is 15.4. The number of nitrogens with one attached hydrogen (secondary N) is 2. The van der Waals surface area contributed by atoms with Gasteiger partial charge in [-0.15, -0.1) is 0 Å². The Kier molecular flexibility index (Phi) is 4.21. The number of carbonyl (C=O) groups is 1. The summed E-state index contributed by atoms with van der Waals surface area (Å²) in [4.78, 5) is 40.4. The number of fused-ring (bicyclic) bond motifs is 1. The molecule has 0 aromatic carbocycles. The quantitative estimate of drug-likeness (QED) is 0.447. The summed E-state index contributed by atoms with van der Waals surface area (Å²) in [5.74, 6) is -0.330. The Morgan fingerprint density at radius 1 is 1.43 bits per heavy atom. The Balaban J connectivity index is 2.48. The number of hydrogen-bond donors (Lipinski definition) is 2. The summed E-state index contributed by atoms with van der Waals surface area (Å²) in [5, 5.41) is 0.164. The fourth-order valence-electron chi connectivity index (χ4n) is 1.93. The number of aromatic nitrogens is 4. The number of thioether (sulfide) groups is 1. The molecule has 21 heavy (non-hydrogen) atoms. The van der Waals surface area contributed by atoms with Crippen molar-refractivity contribution < 1.29 is 14.1 Å². The second-order valence-corrected chi connectivity index (χ2v) is 5.85. The minimum atomic E-state index is -0.496. The molecule has 0 aliphatic rings. The SMILES string of the molecule is CCOC(=O)C(C)Sc1[nH]c2c(c(=O)[nH]c(=O)n2C)[n+]1C. The van der Waals surface area contributed by atoms with E-state index in [0.717, 1.165) is 0 Å². The van der Waals surface area contributed by atoms with Gasteiger partial charge in [-0.05, 0) is 25.6 Å². The van der Waals surface area contributed by atoms with Crippen LogP contribution in [0.3, 0.4) is 0 Å². The molecule has 1 atom stereocenters. The summed E-state index contributed by atoms with van der Waals surface area (Å²) in [6.07, 6.45) is 0. The summed E-state index contributed by atoms with van der Waals surface area (Å²) in [6, 6.07) is 0. The van der Waals surface area contributed by atoms with Gasteiger partial charge in [-0.1, -0.05) is 0 Å². The summed E-state index contributed by atoms with van der Waals surface area (Å²) < 4.78 is 7.88. The van der Waals surface area contributed by atoms with E-state index in [9.17, 15) is 14.4 Å². The standard InChI is InChI=1S/C12H16N4O4S/c1-5-20-10(18)6(2)21-12-13-8-7(15(12)3)9(17)14-11(19)16(8)4/h6H,5H2,1-4H3,(H,14,17,19)/p+1. The van der Waals surface area contributed by atoms with Crippen LogP contribution in [0.15, 0.2) is 14.7 Å². The van der Waals surface area contributed by atoms with Crippen molar-refractivity contribution in [3.8, 4) is 0 Å². The summed E-state index contributed by atoms with van der Waals surface area (Å²) in [7, 11) is 3.25. The van der Waals surface area contributed by atoms with E-state index in [2.05, 4.69) is 9.97 Å². The van der Waals surface area contributed by atoms with Crippen molar-refractivity contribution in [1.82, 2.24) is 14.5 Å². The van der Waals surface area contributed by atoms with Crippen LogP contribution < -0.4 is 15.8 Å². The molecule has 1 unspecified atom stereocenters. The van der Waals surface area contributed by atoms with E-state index in [0.29, 0.717) is 22.9 Å². The third-order valence-corrected chi connectivity index (χ3v) is 4.22. The first-order valence-electron chi connectivity index (χ1n) is 6.41. The van der Waals surface area contributed by atoms with Gasteiger partial charge < -0.3 is 4.74 Å². The molecule has 0 spiro atoms. The topological polar surface area (TPSA) is 101 Å². The second kappa shape index (κ2) is 5.76. The Labute approximate surface area is 124 Å². The fourth-order valence-corrected chi connectivity index (χ4v) is 2.84. The van der Waals surface area contributed by atoms with Crippen molar-refractivity contribution >= 4 is 28.9 Å². The first-order valence-corrected chi connectivity index (χ1v) is 7.29. The molecule has 8 nitrogen and oxygen atoms in total. The van der Waals surface area contributed by atoms with Gasteiger partial charge in [-0.25, -0.2) is 14.3 Å². The van der Waals surface area contributed by atoms with E-state index in [1.807, 2.05) is 0 Å². The predicted octanol–water partition coefficient (Wildman–Crippen LogP) is -0.577. The average Bonchev–Trinajstić information content (AvgIpc) is 2.74. The van der Waals surface area contributed by atoms with Gasteiger partial charge in [0.25, 0.3) is 11.2 Å². The van der Waals surface area contributed by atoms with Gasteiger partial charge >= 0.3 is 22.4 Å². The van der Waals surface area contributed by atoms with Crippen molar-refractivity contribution in [3.05, 3.63) is 20.8 Å². The Bertz CT molecular complexity index is 804. The number of aryl methyl sites for hydroxylation is 2. The highest BCUT2D eigenvalue weighted by Crippen LogP contribution is 2.20. The number of H-pyrrole nitrogens is 2. The van der Waals surface area contributed by atoms with Crippen LogP contribution in [-0.2, 0) is 23.6 Å². The summed E-state index contributed by atoms with van der Waals surface area (Å²) >= 11 is 1.23. The number of esters is 1. The molecule has 2 heterocycles. The number of rotatable bonds is 4. The van der Waals surface area contributed by atoms with Crippen molar-refractivity contribution in [2.75, 3.05) is 6.61 Å². The maximum atomic E-state index is 11.9. The van der Waals surface area contributed by atoms with Crippen molar-refractivity contribution in [2.45, 2.75) is 24.3 Å².